The Bertz CT molecular complexity index is 120. The van der Waals surface area contributed by atoms with Crippen LogP contribution < -0.4 is 0 Å². The summed E-state index contributed by atoms with van der Waals surface area (Å²) in [6, 6.07) is 0. The molecule has 3 heteroatoms. The van der Waals surface area contributed by atoms with E-state index < -0.39 is 0 Å². The van der Waals surface area contributed by atoms with Crippen molar-refractivity contribution in [3.8, 4) is 0 Å². The first-order valence-electron chi connectivity index (χ1n) is 2.59. The fraction of sp³-hybridized carbons (Fsp3) is 0.800. The summed E-state index contributed by atoms with van der Waals surface area (Å²) in [4.78, 5) is 0. The van der Waals surface area contributed by atoms with Gasteiger partial charge in [0.25, 0.3) is 4.38 Å². The van der Waals surface area contributed by atoms with E-state index in [0.29, 0.717) is 0 Å². The van der Waals surface area contributed by atoms with E-state index in [9.17, 15) is 0 Å². The molecule has 0 N–H and O–H groups in total. The lowest BCUT2D eigenvalue weighted by Gasteiger charge is -1.86. The van der Waals surface area contributed by atoms with E-state index in [4.69, 9.17) is 0 Å². The molecular formula is C5H10NS2+. The molecule has 8 heavy (non-hydrogen) atoms. The molecule has 0 saturated heterocycles. The minimum absolute atomic E-state index is 1.22. The first-order chi connectivity index (χ1) is 3.84. The zero-order valence-corrected chi connectivity index (χ0v) is 6.81. The van der Waals surface area contributed by atoms with Crippen LogP contribution in [0.4, 0.5) is 0 Å². The number of rotatable bonds is 0. The van der Waals surface area contributed by atoms with Gasteiger partial charge in [0.1, 0.15) is 7.05 Å². The second kappa shape index (κ2) is 2.78. The van der Waals surface area contributed by atoms with Crippen LogP contribution in [0.25, 0.3) is 0 Å². The van der Waals surface area contributed by atoms with E-state index in [-0.39, 0.29) is 0 Å². The molecule has 46 valence electrons. The van der Waals surface area contributed by atoms with Gasteiger partial charge in [0, 0.05) is 0 Å². The third-order valence-electron chi connectivity index (χ3n) is 1.14. The average Bonchev–Trinajstić information content (AvgIpc) is 2.14. The molecule has 0 aliphatic carbocycles. The summed E-state index contributed by atoms with van der Waals surface area (Å²) in [5, 5.41) is 0. The summed E-state index contributed by atoms with van der Waals surface area (Å²) in [5.74, 6) is 1.27. The van der Waals surface area contributed by atoms with Crippen molar-refractivity contribution in [1.82, 2.24) is 0 Å². The Hall–Kier alpha value is 0.370. The predicted octanol–water partition coefficient (Wildman–Crippen LogP) is 1.09. The molecule has 0 aromatic heterocycles. The smallest absolute Gasteiger partial charge is 0.220 e. The highest BCUT2D eigenvalue weighted by molar-refractivity contribution is 8.38. The Labute approximate surface area is 58.5 Å². The van der Waals surface area contributed by atoms with Gasteiger partial charge < -0.3 is 0 Å². The molecule has 1 rings (SSSR count). The van der Waals surface area contributed by atoms with Crippen LogP contribution in [0.1, 0.15) is 0 Å². The Balaban J connectivity index is 2.58. The Morgan fingerprint density at radius 2 is 2.50 bits per heavy atom. The highest BCUT2D eigenvalue weighted by Gasteiger charge is 2.17. The van der Waals surface area contributed by atoms with Crippen LogP contribution in [0.15, 0.2) is 0 Å². The van der Waals surface area contributed by atoms with Gasteiger partial charge >= 0.3 is 0 Å². The molecule has 0 aromatic carbocycles. The molecule has 0 fully saturated rings. The first-order valence-corrected chi connectivity index (χ1v) is 4.80. The van der Waals surface area contributed by atoms with Gasteiger partial charge in [0.2, 0.25) is 0 Å². The van der Waals surface area contributed by atoms with Gasteiger partial charge in [0.05, 0.1) is 5.75 Å². The van der Waals surface area contributed by atoms with Crippen LogP contribution in [-0.2, 0) is 0 Å². The summed E-state index contributed by atoms with van der Waals surface area (Å²) >= 11 is 3.80. The number of hydrogen-bond donors (Lipinski definition) is 0. The van der Waals surface area contributed by atoms with Crippen LogP contribution >= 0.6 is 23.5 Å². The lowest BCUT2D eigenvalue weighted by atomic mass is 10.7. The standard InChI is InChI=1S/C5H10NS2/c1-6-3-4-8-5(6)7-2/h3-4H2,1-2H3/q+1. The Morgan fingerprint density at radius 3 is 2.75 bits per heavy atom. The molecule has 0 atom stereocenters. The van der Waals surface area contributed by atoms with Crippen molar-refractivity contribution in [3.63, 3.8) is 0 Å². The molecule has 0 unspecified atom stereocenters. The average molecular weight is 148 g/mol. The second-order valence-electron chi connectivity index (χ2n) is 1.74. The fourth-order valence-corrected chi connectivity index (χ4v) is 2.66. The minimum atomic E-state index is 1.22. The molecule has 0 spiro atoms. The van der Waals surface area contributed by atoms with Crippen molar-refractivity contribution < 1.29 is 4.58 Å². The molecule has 0 bridgehead atoms. The van der Waals surface area contributed by atoms with Gasteiger partial charge in [-0.05, 0) is 18.0 Å². The van der Waals surface area contributed by atoms with Crippen LogP contribution in [0, 0.1) is 0 Å². The van der Waals surface area contributed by atoms with Crippen LogP contribution in [0.3, 0.4) is 0 Å². The molecular weight excluding hydrogens is 138 g/mol. The van der Waals surface area contributed by atoms with E-state index in [1.54, 1.807) is 0 Å². The van der Waals surface area contributed by atoms with Gasteiger partial charge in [-0.1, -0.05) is 11.8 Å². The lowest BCUT2D eigenvalue weighted by Crippen LogP contribution is -2.05. The SMILES string of the molecule is CSC1=[N+](C)CCS1. The maximum absolute atomic E-state index is 2.30. The van der Waals surface area contributed by atoms with Gasteiger partial charge in [-0.25, -0.2) is 4.58 Å². The largest absolute Gasteiger partial charge is 0.269 e. The molecule has 1 aliphatic rings. The molecule has 1 aliphatic heterocycles. The van der Waals surface area contributed by atoms with E-state index in [1.165, 1.54) is 16.7 Å². The fourth-order valence-electron chi connectivity index (χ4n) is 0.686. The Kier molecular flexibility index (Phi) is 2.26. The number of hydrogen-bond acceptors (Lipinski definition) is 2. The van der Waals surface area contributed by atoms with Crippen molar-refractivity contribution in [1.29, 1.82) is 0 Å². The van der Waals surface area contributed by atoms with Gasteiger partial charge in [0.15, 0.2) is 6.54 Å². The zero-order valence-electron chi connectivity index (χ0n) is 5.18. The summed E-state index contributed by atoms with van der Waals surface area (Å²) < 4.78 is 3.76. The van der Waals surface area contributed by atoms with Crippen LogP contribution in [0.2, 0.25) is 0 Å². The Morgan fingerprint density at radius 1 is 1.75 bits per heavy atom. The summed E-state index contributed by atoms with van der Waals surface area (Å²) in [7, 11) is 2.14. The summed E-state index contributed by atoms with van der Waals surface area (Å²) in [6.45, 7) is 1.22. The van der Waals surface area contributed by atoms with Gasteiger partial charge in [-0.2, -0.15) is 0 Å². The van der Waals surface area contributed by atoms with Crippen molar-refractivity contribution in [2.45, 2.75) is 0 Å². The van der Waals surface area contributed by atoms with Crippen LogP contribution in [0.5, 0.6) is 0 Å². The van der Waals surface area contributed by atoms with Gasteiger partial charge in [-0.15, -0.1) is 0 Å². The predicted molar refractivity (Wildman–Crippen MR) is 42.0 cm³/mol. The number of nitrogens with zero attached hydrogens (tertiary/aromatic N) is 1. The zero-order chi connectivity index (χ0) is 5.98. The summed E-state index contributed by atoms with van der Waals surface area (Å²) in [6.07, 6.45) is 2.13. The van der Waals surface area contributed by atoms with E-state index in [1.807, 2.05) is 23.5 Å². The maximum Gasteiger partial charge on any atom is 0.269 e. The molecule has 0 saturated carbocycles. The normalized spacial score (nSPS) is 20.2. The van der Waals surface area contributed by atoms with Crippen molar-refractivity contribution >= 4 is 27.9 Å². The van der Waals surface area contributed by atoms with Crippen LogP contribution in [-0.4, -0.2) is 34.6 Å². The minimum Gasteiger partial charge on any atom is -0.220 e. The van der Waals surface area contributed by atoms with E-state index in [0.717, 1.165) is 0 Å². The third kappa shape index (κ3) is 1.20. The maximum atomic E-state index is 2.30. The highest BCUT2D eigenvalue weighted by Crippen LogP contribution is 2.17. The molecule has 1 heterocycles. The van der Waals surface area contributed by atoms with E-state index in [2.05, 4.69) is 17.9 Å². The topological polar surface area (TPSA) is 3.01 Å². The highest BCUT2D eigenvalue weighted by atomic mass is 32.2. The monoisotopic (exact) mass is 148 g/mol. The first kappa shape index (κ1) is 6.49. The molecule has 0 amide bonds. The molecule has 1 nitrogen and oxygen atoms in total. The quantitative estimate of drug-likeness (QED) is 0.473. The number of thioether (sulfide) groups is 2. The molecule has 0 radical (unpaired) electrons. The second-order valence-corrected chi connectivity index (χ2v) is 3.88. The van der Waals surface area contributed by atoms with E-state index >= 15 is 0 Å². The van der Waals surface area contributed by atoms with Crippen molar-refractivity contribution in [2.75, 3.05) is 25.6 Å². The molecule has 0 aromatic rings. The van der Waals surface area contributed by atoms with Crippen molar-refractivity contribution in [3.05, 3.63) is 0 Å². The summed E-state index contributed by atoms with van der Waals surface area (Å²) in [5.41, 5.74) is 0. The lowest BCUT2D eigenvalue weighted by molar-refractivity contribution is -0.483. The third-order valence-corrected chi connectivity index (χ3v) is 3.60. The van der Waals surface area contributed by atoms with Crippen molar-refractivity contribution in [2.24, 2.45) is 0 Å². The van der Waals surface area contributed by atoms with Gasteiger partial charge in [-0.3, -0.25) is 0 Å².